The summed E-state index contributed by atoms with van der Waals surface area (Å²) in [6.45, 7) is 1.47. The summed E-state index contributed by atoms with van der Waals surface area (Å²) >= 11 is 0. The Balaban J connectivity index is 1.96. The number of phenols is 1. The molecule has 0 saturated heterocycles. The van der Waals surface area contributed by atoms with E-state index in [0.717, 1.165) is 46.4 Å². The number of aromatic hydroxyl groups is 1. The molecule has 0 radical (unpaired) electrons. The molecule has 30 heavy (non-hydrogen) atoms. The molecule has 7 heteroatoms. The van der Waals surface area contributed by atoms with Crippen LogP contribution in [0.4, 0.5) is 0 Å². The summed E-state index contributed by atoms with van der Waals surface area (Å²) in [5.41, 5.74) is 5.40. The van der Waals surface area contributed by atoms with Crippen molar-refractivity contribution in [3.05, 3.63) is 46.7 Å². The molecule has 0 fully saturated rings. The second kappa shape index (κ2) is 7.93. The maximum absolute atomic E-state index is 12.7. The Morgan fingerprint density at radius 1 is 1.03 bits per heavy atom. The van der Waals surface area contributed by atoms with E-state index in [-0.39, 0.29) is 5.75 Å². The molecule has 2 aromatic heterocycles. The predicted molar refractivity (Wildman–Crippen MR) is 118 cm³/mol. The lowest BCUT2D eigenvalue weighted by Crippen LogP contribution is -2.19. The van der Waals surface area contributed by atoms with E-state index < -0.39 is 11.6 Å². The Labute approximate surface area is 174 Å². The van der Waals surface area contributed by atoms with Gasteiger partial charge in [-0.2, -0.15) is 0 Å². The third-order valence-electron chi connectivity index (χ3n) is 5.57. The minimum Gasteiger partial charge on any atom is -0.507 e. The highest BCUT2D eigenvalue weighted by Gasteiger charge is 2.30. The lowest BCUT2D eigenvalue weighted by Gasteiger charge is -2.12. The Bertz CT molecular complexity index is 1170. The number of H-pyrrole nitrogens is 2. The van der Waals surface area contributed by atoms with Gasteiger partial charge in [-0.1, -0.05) is 6.07 Å². The van der Waals surface area contributed by atoms with Gasteiger partial charge in [0.15, 0.2) is 0 Å². The van der Waals surface area contributed by atoms with Crippen LogP contribution in [-0.2, 0) is 17.6 Å². The van der Waals surface area contributed by atoms with Crippen LogP contribution >= 0.6 is 0 Å². The van der Waals surface area contributed by atoms with Crippen molar-refractivity contribution in [2.45, 2.75) is 12.8 Å². The van der Waals surface area contributed by atoms with E-state index in [4.69, 9.17) is 0 Å². The average molecular weight is 406 g/mol. The summed E-state index contributed by atoms with van der Waals surface area (Å²) in [6, 6.07) is 5.42. The third kappa shape index (κ3) is 3.36. The maximum Gasteiger partial charge on any atom is 0.235 e. The molecule has 4 N–H and O–H groups in total. The van der Waals surface area contributed by atoms with Crippen LogP contribution < -0.4 is 5.32 Å². The fourth-order valence-corrected chi connectivity index (χ4v) is 4.11. The zero-order valence-electron chi connectivity index (χ0n) is 17.4. The van der Waals surface area contributed by atoms with Crippen molar-refractivity contribution in [1.82, 2.24) is 20.2 Å². The predicted octanol–water partition coefficient (Wildman–Crippen LogP) is 2.51. The van der Waals surface area contributed by atoms with Crippen LogP contribution in [0.1, 0.15) is 27.2 Å². The number of fused-ring (bicyclic) bond motifs is 2. The first kappa shape index (κ1) is 20.1. The lowest BCUT2D eigenvalue weighted by molar-refractivity contribution is -0.110. The molecular formula is C23H26N4O3. The van der Waals surface area contributed by atoms with Crippen molar-refractivity contribution in [3.63, 3.8) is 0 Å². The molecule has 0 bridgehead atoms. The zero-order valence-corrected chi connectivity index (χ0v) is 17.4. The monoisotopic (exact) mass is 406 g/mol. The summed E-state index contributed by atoms with van der Waals surface area (Å²) in [7, 11) is 5.87. The smallest absolute Gasteiger partial charge is 0.235 e. The van der Waals surface area contributed by atoms with Crippen LogP contribution in [0.5, 0.6) is 5.75 Å². The van der Waals surface area contributed by atoms with Gasteiger partial charge in [-0.25, -0.2) is 0 Å². The highest BCUT2D eigenvalue weighted by Crippen LogP contribution is 2.39. The first-order valence-corrected chi connectivity index (χ1v) is 10.1. The number of benzene rings is 1. The fraction of sp³-hybridized carbons (Fsp3) is 0.304. The van der Waals surface area contributed by atoms with Crippen LogP contribution in [-0.4, -0.2) is 65.8 Å². The van der Waals surface area contributed by atoms with Crippen molar-refractivity contribution in [2.75, 3.05) is 34.2 Å². The molecule has 0 unspecified atom stereocenters. The van der Waals surface area contributed by atoms with E-state index in [1.165, 1.54) is 6.08 Å². The quantitative estimate of drug-likeness (QED) is 0.452. The SMILES string of the molecule is CNCCc1c(-c2[nH]c3cccc(O)c3c2CCN(C)C)[nH]c2c1C(=O)C(=O)C=C2. The minimum absolute atomic E-state index is 0.225. The van der Waals surface area contributed by atoms with Gasteiger partial charge >= 0.3 is 0 Å². The molecule has 0 aliphatic heterocycles. The molecular weight excluding hydrogens is 380 g/mol. The Morgan fingerprint density at radius 3 is 2.53 bits per heavy atom. The van der Waals surface area contributed by atoms with Crippen LogP contribution in [0, 0.1) is 0 Å². The van der Waals surface area contributed by atoms with Crippen molar-refractivity contribution in [1.29, 1.82) is 0 Å². The van der Waals surface area contributed by atoms with Gasteiger partial charge in [0, 0.05) is 17.4 Å². The number of Topliss-reactive ketones (excluding diaryl/α,β-unsaturated/α-hetero) is 1. The molecule has 2 heterocycles. The maximum atomic E-state index is 12.7. The van der Waals surface area contributed by atoms with Gasteiger partial charge in [-0.15, -0.1) is 0 Å². The summed E-state index contributed by atoms with van der Waals surface area (Å²) in [6.07, 6.45) is 4.30. The number of nitrogens with one attached hydrogen (secondary N) is 3. The van der Waals surface area contributed by atoms with Gasteiger partial charge in [-0.05, 0) is 75.9 Å². The van der Waals surface area contributed by atoms with E-state index in [2.05, 4.69) is 20.2 Å². The molecule has 4 rings (SSSR count). The minimum atomic E-state index is -0.499. The first-order chi connectivity index (χ1) is 14.4. The fourth-order valence-electron chi connectivity index (χ4n) is 4.11. The topological polar surface area (TPSA) is 101 Å². The summed E-state index contributed by atoms with van der Waals surface area (Å²) in [5, 5.41) is 14.5. The first-order valence-electron chi connectivity index (χ1n) is 10.1. The molecule has 156 valence electrons. The molecule has 1 aromatic carbocycles. The molecule has 0 saturated carbocycles. The van der Waals surface area contributed by atoms with E-state index in [9.17, 15) is 14.7 Å². The van der Waals surface area contributed by atoms with Gasteiger partial charge in [0.25, 0.3) is 0 Å². The number of likely N-dealkylation sites (N-methyl/N-ethyl adjacent to an activating group) is 2. The number of aromatic nitrogens is 2. The second-order valence-corrected chi connectivity index (χ2v) is 7.88. The average Bonchev–Trinajstić information content (AvgIpc) is 3.26. The third-order valence-corrected chi connectivity index (χ3v) is 5.57. The number of hydrogen-bond donors (Lipinski definition) is 4. The Morgan fingerprint density at radius 2 is 1.80 bits per heavy atom. The molecule has 0 spiro atoms. The molecule has 3 aromatic rings. The van der Waals surface area contributed by atoms with E-state index in [1.807, 2.05) is 27.2 Å². The number of carbonyl (C=O) groups excluding carboxylic acids is 2. The van der Waals surface area contributed by atoms with Crippen molar-refractivity contribution in [2.24, 2.45) is 0 Å². The molecule has 0 amide bonds. The van der Waals surface area contributed by atoms with Gasteiger partial charge in [0.2, 0.25) is 11.6 Å². The molecule has 1 aliphatic rings. The van der Waals surface area contributed by atoms with Crippen molar-refractivity contribution >= 4 is 28.5 Å². The summed E-state index contributed by atoms with van der Waals surface area (Å²) in [4.78, 5) is 33.6. The van der Waals surface area contributed by atoms with Gasteiger partial charge in [-0.3, -0.25) is 9.59 Å². The lowest BCUT2D eigenvalue weighted by atomic mass is 9.94. The molecule has 1 aliphatic carbocycles. The number of carbonyl (C=O) groups is 2. The summed E-state index contributed by atoms with van der Waals surface area (Å²) < 4.78 is 0. The van der Waals surface area contributed by atoms with E-state index >= 15 is 0 Å². The number of rotatable bonds is 7. The van der Waals surface area contributed by atoms with Gasteiger partial charge < -0.3 is 25.3 Å². The van der Waals surface area contributed by atoms with Crippen LogP contribution in [0.2, 0.25) is 0 Å². The van der Waals surface area contributed by atoms with Gasteiger partial charge in [0.1, 0.15) is 5.75 Å². The van der Waals surface area contributed by atoms with Crippen molar-refractivity contribution in [3.8, 4) is 17.1 Å². The number of hydrogen-bond acceptors (Lipinski definition) is 5. The largest absolute Gasteiger partial charge is 0.507 e. The second-order valence-electron chi connectivity index (χ2n) is 7.88. The van der Waals surface area contributed by atoms with Crippen LogP contribution in [0.15, 0.2) is 24.3 Å². The van der Waals surface area contributed by atoms with Crippen LogP contribution in [0.3, 0.4) is 0 Å². The number of allylic oxidation sites excluding steroid dienone is 1. The van der Waals surface area contributed by atoms with Crippen LogP contribution in [0.25, 0.3) is 28.4 Å². The number of ketones is 2. The van der Waals surface area contributed by atoms with Gasteiger partial charge in [0.05, 0.1) is 22.6 Å². The molecule has 7 nitrogen and oxygen atoms in total. The van der Waals surface area contributed by atoms with E-state index in [0.29, 0.717) is 24.2 Å². The number of phenolic OH excluding ortho intramolecular Hbond substituents is 1. The highest BCUT2D eigenvalue weighted by atomic mass is 16.3. The van der Waals surface area contributed by atoms with Crippen molar-refractivity contribution < 1.29 is 14.7 Å². The summed E-state index contributed by atoms with van der Waals surface area (Å²) in [5.74, 6) is -0.751. The zero-order chi connectivity index (χ0) is 21.4. The Hall–Kier alpha value is -3.16. The molecule has 0 atom stereocenters. The van der Waals surface area contributed by atoms with E-state index in [1.54, 1.807) is 18.2 Å². The number of aromatic amines is 2. The normalized spacial score (nSPS) is 13.6. The highest BCUT2D eigenvalue weighted by molar-refractivity contribution is 6.50. The Kier molecular flexibility index (Phi) is 5.32. The number of nitrogens with zero attached hydrogens (tertiary/aromatic N) is 1. The standard InChI is InChI=1S/C23H26N4O3/c1-24-11-9-13-20-16(7-8-18(29)23(20)30)26-21(13)22-14(10-12-27(2)3)19-15(25-22)5-4-6-17(19)28/h4-8,24-26,28H,9-12H2,1-3H3.